The molecule has 3 heteroatoms. The SMILES string of the molecule is Cc1ccc(Cl)cc1NCCCF. The number of aryl methyl sites for hydroxylation is 1. The van der Waals surface area contributed by atoms with Gasteiger partial charge >= 0.3 is 0 Å². The van der Waals surface area contributed by atoms with Crippen LogP contribution in [-0.4, -0.2) is 13.2 Å². The Morgan fingerprint density at radius 3 is 2.92 bits per heavy atom. The Morgan fingerprint density at radius 2 is 2.23 bits per heavy atom. The number of rotatable bonds is 4. The molecule has 0 aliphatic carbocycles. The zero-order valence-electron chi connectivity index (χ0n) is 7.61. The van der Waals surface area contributed by atoms with Crippen LogP contribution in [0, 0.1) is 6.92 Å². The molecule has 0 saturated carbocycles. The molecule has 0 radical (unpaired) electrons. The van der Waals surface area contributed by atoms with E-state index in [2.05, 4.69) is 5.32 Å². The van der Waals surface area contributed by atoms with Gasteiger partial charge in [0.1, 0.15) is 0 Å². The van der Waals surface area contributed by atoms with Gasteiger partial charge in [-0.15, -0.1) is 0 Å². The first-order chi connectivity index (χ1) is 6.24. The van der Waals surface area contributed by atoms with Crippen molar-refractivity contribution in [2.24, 2.45) is 0 Å². The van der Waals surface area contributed by atoms with Crippen molar-refractivity contribution in [3.8, 4) is 0 Å². The number of hydrogen-bond donors (Lipinski definition) is 1. The fraction of sp³-hybridized carbons (Fsp3) is 0.400. The van der Waals surface area contributed by atoms with Crippen LogP contribution < -0.4 is 5.32 Å². The summed E-state index contributed by atoms with van der Waals surface area (Å²) >= 11 is 5.82. The Kier molecular flexibility index (Phi) is 4.03. The van der Waals surface area contributed by atoms with Crippen molar-refractivity contribution in [3.05, 3.63) is 28.8 Å². The quantitative estimate of drug-likeness (QED) is 0.737. The van der Waals surface area contributed by atoms with Crippen LogP contribution in [0.25, 0.3) is 0 Å². The molecule has 0 bridgehead atoms. The molecule has 1 nitrogen and oxygen atoms in total. The molecule has 0 aromatic heterocycles. The summed E-state index contributed by atoms with van der Waals surface area (Å²) < 4.78 is 11.8. The number of benzene rings is 1. The van der Waals surface area contributed by atoms with Crippen LogP contribution in [0.2, 0.25) is 5.02 Å². The van der Waals surface area contributed by atoms with Crippen molar-refractivity contribution in [2.75, 3.05) is 18.5 Å². The van der Waals surface area contributed by atoms with E-state index in [1.807, 2.05) is 25.1 Å². The van der Waals surface area contributed by atoms with E-state index in [0.29, 0.717) is 18.0 Å². The van der Waals surface area contributed by atoms with Crippen molar-refractivity contribution in [3.63, 3.8) is 0 Å². The molecule has 0 atom stereocenters. The summed E-state index contributed by atoms with van der Waals surface area (Å²) in [7, 11) is 0. The number of anilines is 1. The lowest BCUT2D eigenvalue weighted by molar-refractivity contribution is 0.481. The van der Waals surface area contributed by atoms with E-state index >= 15 is 0 Å². The van der Waals surface area contributed by atoms with Gasteiger partial charge in [-0.25, -0.2) is 0 Å². The molecule has 1 rings (SSSR count). The third kappa shape index (κ3) is 3.23. The van der Waals surface area contributed by atoms with Crippen LogP contribution in [0.4, 0.5) is 10.1 Å². The van der Waals surface area contributed by atoms with Crippen LogP contribution in [0.5, 0.6) is 0 Å². The second-order valence-electron chi connectivity index (χ2n) is 2.93. The second-order valence-corrected chi connectivity index (χ2v) is 3.36. The van der Waals surface area contributed by atoms with Crippen LogP contribution in [0.15, 0.2) is 18.2 Å². The smallest absolute Gasteiger partial charge is 0.0911 e. The highest BCUT2D eigenvalue weighted by molar-refractivity contribution is 6.30. The maximum absolute atomic E-state index is 11.8. The van der Waals surface area contributed by atoms with Gasteiger partial charge < -0.3 is 5.32 Å². The normalized spacial score (nSPS) is 10.1. The van der Waals surface area contributed by atoms with Gasteiger partial charge in [0.25, 0.3) is 0 Å². The van der Waals surface area contributed by atoms with Gasteiger partial charge in [-0.3, -0.25) is 4.39 Å². The van der Waals surface area contributed by atoms with E-state index < -0.39 is 0 Å². The highest BCUT2D eigenvalue weighted by atomic mass is 35.5. The van der Waals surface area contributed by atoms with Gasteiger partial charge in [0.15, 0.2) is 0 Å². The zero-order valence-corrected chi connectivity index (χ0v) is 8.37. The molecule has 1 N–H and O–H groups in total. The average molecular weight is 202 g/mol. The highest BCUT2D eigenvalue weighted by Gasteiger charge is 1.97. The van der Waals surface area contributed by atoms with Crippen LogP contribution in [0.3, 0.4) is 0 Å². The van der Waals surface area contributed by atoms with E-state index in [9.17, 15) is 4.39 Å². The Morgan fingerprint density at radius 1 is 1.46 bits per heavy atom. The Bertz CT molecular complexity index is 276. The zero-order chi connectivity index (χ0) is 9.68. The highest BCUT2D eigenvalue weighted by Crippen LogP contribution is 2.19. The third-order valence-electron chi connectivity index (χ3n) is 1.83. The monoisotopic (exact) mass is 201 g/mol. The first-order valence-electron chi connectivity index (χ1n) is 4.30. The molecule has 13 heavy (non-hydrogen) atoms. The van der Waals surface area contributed by atoms with Gasteiger partial charge in [-0.05, 0) is 31.0 Å². The molecule has 0 spiro atoms. The summed E-state index contributed by atoms with van der Waals surface area (Å²) in [5, 5.41) is 3.83. The summed E-state index contributed by atoms with van der Waals surface area (Å²) in [6.45, 7) is 2.36. The Hall–Kier alpha value is -0.760. The van der Waals surface area contributed by atoms with Crippen LogP contribution in [-0.2, 0) is 0 Å². The van der Waals surface area contributed by atoms with Gasteiger partial charge in [0.05, 0.1) is 6.67 Å². The molecule has 0 unspecified atom stereocenters. The maximum Gasteiger partial charge on any atom is 0.0911 e. The molecule has 0 amide bonds. The first kappa shape index (κ1) is 10.3. The van der Waals surface area contributed by atoms with Gasteiger partial charge in [-0.1, -0.05) is 17.7 Å². The predicted octanol–water partition coefficient (Wildman–Crippen LogP) is 3.42. The molecule has 0 saturated heterocycles. The van der Waals surface area contributed by atoms with Crippen molar-refractivity contribution in [1.82, 2.24) is 0 Å². The molecule has 0 fully saturated rings. The summed E-state index contributed by atoms with van der Waals surface area (Å²) in [4.78, 5) is 0. The van der Waals surface area contributed by atoms with E-state index in [-0.39, 0.29) is 6.67 Å². The van der Waals surface area contributed by atoms with E-state index in [0.717, 1.165) is 11.3 Å². The molecule has 0 aliphatic rings. The minimum atomic E-state index is -0.285. The van der Waals surface area contributed by atoms with Crippen molar-refractivity contribution in [2.45, 2.75) is 13.3 Å². The predicted molar refractivity (Wildman–Crippen MR) is 55.3 cm³/mol. The molecular formula is C10H13ClFN. The maximum atomic E-state index is 11.8. The van der Waals surface area contributed by atoms with Crippen molar-refractivity contribution < 1.29 is 4.39 Å². The number of hydrogen-bond acceptors (Lipinski definition) is 1. The largest absolute Gasteiger partial charge is 0.385 e. The van der Waals surface area contributed by atoms with E-state index in [4.69, 9.17) is 11.6 Å². The number of halogens is 2. The lowest BCUT2D eigenvalue weighted by Crippen LogP contribution is -2.03. The van der Waals surface area contributed by atoms with Crippen LogP contribution >= 0.6 is 11.6 Å². The minimum Gasteiger partial charge on any atom is -0.385 e. The van der Waals surface area contributed by atoms with E-state index in [1.54, 1.807) is 0 Å². The standard InChI is InChI=1S/C10H13ClFN/c1-8-3-4-9(11)7-10(8)13-6-2-5-12/h3-4,7,13H,2,5-6H2,1H3. The van der Waals surface area contributed by atoms with Gasteiger partial charge in [-0.2, -0.15) is 0 Å². The lowest BCUT2D eigenvalue weighted by Gasteiger charge is -2.08. The fourth-order valence-electron chi connectivity index (χ4n) is 1.07. The molecular weight excluding hydrogens is 189 g/mol. The molecule has 0 aliphatic heterocycles. The first-order valence-corrected chi connectivity index (χ1v) is 4.68. The average Bonchev–Trinajstić information content (AvgIpc) is 2.11. The van der Waals surface area contributed by atoms with E-state index in [1.165, 1.54) is 0 Å². The molecule has 1 aromatic rings. The second kappa shape index (κ2) is 5.07. The van der Waals surface area contributed by atoms with Gasteiger partial charge in [0.2, 0.25) is 0 Å². The molecule has 1 aromatic carbocycles. The molecule has 0 heterocycles. The topological polar surface area (TPSA) is 12.0 Å². The molecule has 72 valence electrons. The van der Waals surface area contributed by atoms with Crippen LogP contribution in [0.1, 0.15) is 12.0 Å². The Labute approximate surface area is 82.9 Å². The lowest BCUT2D eigenvalue weighted by atomic mass is 10.2. The van der Waals surface area contributed by atoms with Gasteiger partial charge in [0, 0.05) is 17.3 Å². The fourth-order valence-corrected chi connectivity index (χ4v) is 1.25. The summed E-state index contributed by atoms with van der Waals surface area (Å²) in [5.74, 6) is 0. The summed E-state index contributed by atoms with van der Waals surface area (Å²) in [6, 6.07) is 5.65. The minimum absolute atomic E-state index is 0.285. The van der Waals surface area contributed by atoms with Crippen molar-refractivity contribution in [1.29, 1.82) is 0 Å². The van der Waals surface area contributed by atoms with Crippen molar-refractivity contribution >= 4 is 17.3 Å². The summed E-state index contributed by atoms with van der Waals surface area (Å²) in [5.41, 5.74) is 2.12. The Balaban J connectivity index is 2.59. The summed E-state index contributed by atoms with van der Waals surface area (Å²) in [6.07, 6.45) is 0.534. The third-order valence-corrected chi connectivity index (χ3v) is 2.06. The number of nitrogens with one attached hydrogen (secondary N) is 1. The number of alkyl halides is 1.